The Morgan fingerprint density at radius 3 is 2.31 bits per heavy atom. The van der Waals surface area contributed by atoms with Gasteiger partial charge in [0.05, 0.1) is 16.9 Å². The molecule has 1 heterocycles. The number of carboxylic acid groups (broad SMARTS) is 1. The van der Waals surface area contributed by atoms with Gasteiger partial charge in [-0.3, -0.25) is 4.79 Å². The van der Waals surface area contributed by atoms with E-state index in [9.17, 15) is 32.3 Å². The molecule has 0 fully saturated rings. The highest BCUT2D eigenvalue weighted by Gasteiger charge is 2.31. The Morgan fingerprint density at radius 2 is 1.85 bits per heavy atom. The number of nitrogens with one attached hydrogen (secondary N) is 1. The molecule has 0 saturated heterocycles. The molecule has 2 N–H and O–H groups in total. The Bertz CT molecular complexity index is 904. The first kappa shape index (κ1) is 19.5. The van der Waals surface area contributed by atoms with Crippen molar-refractivity contribution < 1.29 is 27.5 Å². The number of hydrogen-bond acceptors (Lipinski definition) is 3. The summed E-state index contributed by atoms with van der Waals surface area (Å²) in [5.74, 6) is -2.55. The van der Waals surface area contributed by atoms with Crippen molar-refractivity contribution >= 4 is 17.3 Å². The zero-order valence-corrected chi connectivity index (χ0v) is 13.9. The lowest BCUT2D eigenvalue weighted by molar-refractivity contribution is -0.137. The van der Waals surface area contributed by atoms with E-state index in [4.69, 9.17) is 0 Å². The number of hydrogen-bond donors (Lipinski definition) is 2. The number of halogens is 4. The second-order valence-corrected chi connectivity index (χ2v) is 5.44. The molecule has 2 aromatic rings. The Kier molecular flexibility index (Phi) is 5.38. The van der Waals surface area contributed by atoms with Crippen LogP contribution in [-0.2, 0) is 19.1 Å². The molecule has 9 heteroatoms. The zero-order chi connectivity index (χ0) is 19.6. The number of nitrogens with zero attached hydrogens (tertiary/aromatic N) is 1. The second kappa shape index (κ2) is 7.19. The summed E-state index contributed by atoms with van der Waals surface area (Å²) in [7, 11) is 0. The molecule has 2 rings (SSSR count). The van der Waals surface area contributed by atoms with E-state index >= 15 is 0 Å². The number of rotatable bonds is 5. The molecule has 0 amide bonds. The number of carbonyl (C=O) groups is 1. The normalized spacial score (nSPS) is 11.5. The lowest BCUT2D eigenvalue weighted by Crippen LogP contribution is -2.26. The molecule has 0 unspecified atom stereocenters. The van der Waals surface area contributed by atoms with Gasteiger partial charge in [-0.25, -0.2) is 9.18 Å². The summed E-state index contributed by atoms with van der Waals surface area (Å²) in [5.41, 5.74) is -2.20. The summed E-state index contributed by atoms with van der Waals surface area (Å²) in [6, 6.07) is 2.81. The summed E-state index contributed by atoms with van der Waals surface area (Å²) in [5, 5.41) is 11.9. The van der Waals surface area contributed by atoms with E-state index in [1.54, 1.807) is 13.8 Å². The number of aromatic nitrogens is 1. The molecule has 26 heavy (non-hydrogen) atoms. The monoisotopic (exact) mass is 372 g/mol. The van der Waals surface area contributed by atoms with Gasteiger partial charge in [0.25, 0.3) is 5.56 Å². The number of pyridine rings is 1. The van der Waals surface area contributed by atoms with Gasteiger partial charge in [0, 0.05) is 18.3 Å². The number of anilines is 2. The molecule has 0 spiro atoms. The van der Waals surface area contributed by atoms with E-state index in [2.05, 4.69) is 5.32 Å². The maximum Gasteiger partial charge on any atom is 0.416 e. The molecule has 0 atom stereocenters. The van der Waals surface area contributed by atoms with Crippen LogP contribution in [0, 0.1) is 5.82 Å². The molecule has 5 nitrogen and oxygen atoms in total. The van der Waals surface area contributed by atoms with Gasteiger partial charge in [-0.2, -0.15) is 13.2 Å². The Morgan fingerprint density at radius 1 is 1.19 bits per heavy atom. The Hall–Kier alpha value is -2.84. The molecule has 0 radical (unpaired) electrons. The SMILES string of the molecule is CCc1c(C(=O)O)c(Nc2ccc(C(F)(F)F)cc2F)cc(=O)n1CC. The fourth-order valence-electron chi connectivity index (χ4n) is 2.69. The van der Waals surface area contributed by atoms with E-state index in [1.165, 1.54) is 4.57 Å². The summed E-state index contributed by atoms with van der Waals surface area (Å²) in [4.78, 5) is 23.8. The minimum absolute atomic E-state index is 0.178. The van der Waals surface area contributed by atoms with Crippen LogP contribution >= 0.6 is 0 Å². The minimum atomic E-state index is -4.71. The molecule has 0 saturated carbocycles. The van der Waals surface area contributed by atoms with Crippen LogP contribution < -0.4 is 10.9 Å². The molecule has 0 bridgehead atoms. The van der Waals surface area contributed by atoms with Crippen molar-refractivity contribution in [2.75, 3.05) is 5.32 Å². The highest BCUT2D eigenvalue weighted by Crippen LogP contribution is 2.32. The molecule has 1 aromatic carbocycles. The van der Waals surface area contributed by atoms with Crippen LogP contribution in [0.4, 0.5) is 28.9 Å². The molecule has 0 aliphatic carbocycles. The number of benzene rings is 1. The van der Waals surface area contributed by atoms with Gasteiger partial charge >= 0.3 is 12.1 Å². The van der Waals surface area contributed by atoms with Crippen LogP contribution in [-0.4, -0.2) is 15.6 Å². The Labute approximate surface area is 145 Å². The van der Waals surface area contributed by atoms with Crippen LogP contribution in [0.15, 0.2) is 29.1 Å². The van der Waals surface area contributed by atoms with Crippen LogP contribution in [0.1, 0.15) is 35.5 Å². The molecule has 140 valence electrons. The van der Waals surface area contributed by atoms with Crippen molar-refractivity contribution in [2.45, 2.75) is 33.0 Å². The third kappa shape index (κ3) is 3.71. The first-order valence-electron chi connectivity index (χ1n) is 7.73. The number of alkyl halides is 3. The smallest absolute Gasteiger partial charge is 0.416 e. The predicted octanol–water partition coefficient (Wildman–Crippen LogP) is 4.03. The van der Waals surface area contributed by atoms with E-state index in [1.807, 2.05) is 0 Å². The van der Waals surface area contributed by atoms with Crippen LogP contribution in [0.25, 0.3) is 0 Å². The summed E-state index contributed by atoms with van der Waals surface area (Å²) < 4.78 is 53.2. The van der Waals surface area contributed by atoms with Gasteiger partial charge in [0.2, 0.25) is 0 Å². The third-order valence-corrected chi connectivity index (χ3v) is 3.85. The van der Waals surface area contributed by atoms with E-state index < -0.39 is 29.1 Å². The fraction of sp³-hybridized carbons (Fsp3) is 0.294. The summed E-state index contributed by atoms with van der Waals surface area (Å²) in [6.45, 7) is 3.59. The van der Waals surface area contributed by atoms with Gasteiger partial charge in [-0.1, -0.05) is 6.92 Å². The number of aromatic carboxylic acids is 1. The average Bonchev–Trinajstić information content (AvgIpc) is 2.54. The van der Waals surface area contributed by atoms with E-state index in [0.717, 1.165) is 12.1 Å². The predicted molar refractivity (Wildman–Crippen MR) is 87.4 cm³/mol. The lowest BCUT2D eigenvalue weighted by Gasteiger charge is -2.18. The van der Waals surface area contributed by atoms with Gasteiger partial charge < -0.3 is 15.0 Å². The van der Waals surface area contributed by atoms with Crippen LogP contribution in [0.2, 0.25) is 0 Å². The Balaban J connectivity index is 2.58. The van der Waals surface area contributed by atoms with E-state index in [-0.39, 0.29) is 35.6 Å². The molecular formula is C17H16F4N2O3. The standard InChI is InChI=1S/C17H16F4N2O3/c1-3-13-15(16(25)26)12(8-14(24)23(13)4-2)22-11-6-5-9(7-10(11)18)17(19,20)21/h5-8,22H,3-4H2,1-2H3,(H,25,26). The fourth-order valence-corrected chi connectivity index (χ4v) is 2.69. The second-order valence-electron chi connectivity index (χ2n) is 5.44. The summed E-state index contributed by atoms with van der Waals surface area (Å²) >= 11 is 0. The molecular weight excluding hydrogens is 356 g/mol. The maximum absolute atomic E-state index is 14.0. The first-order chi connectivity index (χ1) is 12.1. The van der Waals surface area contributed by atoms with Crippen LogP contribution in [0.3, 0.4) is 0 Å². The summed E-state index contributed by atoms with van der Waals surface area (Å²) in [6.07, 6.45) is -4.47. The van der Waals surface area contributed by atoms with Gasteiger partial charge in [0.15, 0.2) is 0 Å². The minimum Gasteiger partial charge on any atom is -0.478 e. The highest BCUT2D eigenvalue weighted by molar-refractivity contribution is 5.96. The van der Waals surface area contributed by atoms with Crippen molar-refractivity contribution in [3.05, 3.63) is 57.3 Å². The van der Waals surface area contributed by atoms with Crippen molar-refractivity contribution in [1.82, 2.24) is 4.57 Å². The zero-order valence-electron chi connectivity index (χ0n) is 13.9. The first-order valence-corrected chi connectivity index (χ1v) is 7.73. The highest BCUT2D eigenvalue weighted by atomic mass is 19.4. The topological polar surface area (TPSA) is 71.3 Å². The maximum atomic E-state index is 14.0. The van der Waals surface area contributed by atoms with Gasteiger partial charge in [-0.15, -0.1) is 0 Å². The largest absolute Gasteiger partial charge is 0.478 e. The third-order valence-electron chi connectivity index (χ3n) is 3.85. The van der Waals surface area contributed by atoms with Crippen molar-refractivity contribution in [3.63, 3.8) is 0 Å². The van der Waals surface area contributed by atoms with Crippen molar-refractivity contribution in [1.29, 1.82) is 0 Å². The van der Waals surface area contributed by atoms with Crippen LogP contribution in [0.5, 0.6) is 0 Å². The quantitative estimate of drug-likeness (QED) is 0.778. The molecule has 1 aromatic heterocycles. The van der Waals surface area contributed by atoms with Crippen molar-refractivity contribution in [3.8, 4) is 0 Å². The van der Waals surface area contributed by atoms with Gasteiger partial charge in [-0.05, 0) is 31.5 Å². The number of carboxylic acids is 1. The van der Waals surface area contributed by atoms with Crippen molar-refractivity contribution in [2.24, 2.45) is 0 Å². The lowest BCUT2D eigenvalue weighted by atomic mass is 10.1. The molecule has 0 aliphatic rings. The molecule has 0 aliphatic heterocycles. The average molecular weight is 372 g/mol. The van der Waals surface area contributed by atoms with E-state index in [0.29, 0.717) is 12.1 Å². The van der Waals surface area contributed by atoms with Gasteiger partial charge in [0.1, 0.15) is 11.4 Å².